The molecule has 7 N–H and O–H groups in total. The van der Waals surface area contributed by atoms with Gasteiger partial charge in [-0.05, 0) is 42.7 Å². The van der Waals surface area contributed by atoms with Gasteiger partial charge in [-0.1, -0.05) is 31.2 Å². The van der Waals surface area contributed by atoms with Gasteiger partial charge in [0, 0.05) is 12.2 Å². The molecule has 1 unspecified atom stereocenters. The first kappa shape index (κ1) is 19.3. The Bertz CT molecular complexity index is 777. The normalized spacial score (nSPS) is 12.8. The predicted molar refractivity (Wildman–Crippen MR) is 102 cm³/mol. The third kappa shape index (κ3) is 4.31. The molecule has 0 aliphatic carbocycles. The predicted octanol–water partition coefficient (Wildman–Crippen LogP) is 2.18. The first-order valence-corrected chi connectivity index (χ1v) is 8.36. The molecule has 0 heterocycles. The molecule has 7 heteroatoms. The summed E-state index contributed by atoms with van der Waals surface area (Å²) in [5.74, 6) is -0.290. The Labute approximate surface area is 152 Å². The average Bonchev–Trinajstić information content (AvgIpc) is 2.63. The van der Waals surface area contributed by atoms with Crippen LogP contribution in [0, 0.1) is 0 Å². The van der Waals surface area contributed by atoms with Gasteiger partial charge >= 0.3 is 6.03 Å². The van der Waals surface area contributed by atoms with Gasteiger partial charge in [0.2, 0.25) is 0 Å². The first-order chi connectivity index (χ1) is 12.4. The van der Waals surface area contributed by atoms with Gasteiger partial charge in [0.15, 0.2) is 0 Å². The molecule has 0 saturated carbocycles. The third-order valence-electron chi connectivity index (χ3n) is 4.41. The number of nitrogens with two attached hydrogens (primary N) is 2. The molecule has 0 spiro atoms. The smallest absolute Gasteiger partial charge is 0.312 e. The number of hydrogen-bond donors (Lipinski definition) is 5. The number of rotatable bonds is 7. The fourth-order valence-electron chi connectivity index (χ4n) is 2.92. The van der Waals surface area contributed by atoms with Gasteiger partial charge < -0.3 is 27.2 Å². The van der Waals surface area contributed by atoms with Crippen molar-refractivity contribution in [2.24, 2.45) is 5.73 Å². The van der Waals surface area contributed by atoms with E-state index in [4.69, 9.17) is 11.5 Å². The Morgan fingerprint density at radius 3 is 2.31 bits per heavy atom. The van der Waals surface area contributed by atoms with Gasteiger partial charge in [-0.15, -0.1) is 0 Å². The number of benzene rings is 2. The molecule has 0 fully saturated rings. The second-order valence-corrected chi connectivity index (χ2v) is 6.02. The Morgan fingerprint density at radius 2 is 1.77 bits per heavy atom. The highest BCUT2D eigenvalue weighted by Crippen LogP contribution is 2.29. The Balaban J connectivity index is 2.24. The maximum atomic E-state index is 12.4. The molecule has 0 bridgehead atoms. The Hall–Kier alpha value is -3.06. The van der Waals surface area contributed by atoms with E-state index >= 15 is 0 Å². The fraction of sp³-hybridized carbons (Fsp3) is 0.263. The number of urea groups is 1. The zero-order chi connectivity index (χ0) is 19.2. The number of amides is 3. The van der Waals surface area contributed by atoms with Crippen LogP contribution in [0.1, 0.15) is 35.7 Å². The van der Waals surface area contributed by atoms with Gasteiger partial charge in [0.05, 0.1) is 16.9 Å². The molecule has 0 saturated heterocycles. The molecular formula is C19H24N4O3. The summed E-state index contributed by atoms with van der Waals surface area (Å²) in [7, 11) is 0. The molecule has 0 aliphatic heterocycles. The van der Waals surface area contributed by atoms with Gasteiger partial charge in [-0.3, -0.25) is 4.79 Å². The van der Waals surface area contributed by atoms with E-state index in [1.165, 1.54) is 0 Å². The summed E-state index contributed by atoms with van der Waals surface area (Å²) in [5.41, 5.74) is 12.6. The highest BCUT2D eigenvalue weighted by molar-refractivity contribution is 6.05. The SMILES string of the molecule is CCC(CCO)(NC(N)=O)c1ccc(C(=O)Nc2ccccc2N)cc1. The van der Waals surface area contributed by atoms with E-state index in [2.05, 4.69) is 10.6 Å². The molecule has 0 aliphatic rings. The first-order valence-electron chi connectivity index (χ1n) is 8.36. The van der Waals surface area contributed by atoms with Crippen molar-refractivity contribution in [3.63, 3.8) is 0 Å². The zero-order valence-corrected chi connectivity index (χ0v) is 14.7. The number of nitrogen functional groups attached to an aromatic ring is 1. The largest absolute Gasteiger partial charge is 0.397 e. The van der Waals surface area contributed by atoms with Crippen LogP contribution in [-0.2, 0) is 5.54 Å². The van der Waals surface area contributed by atoms with Crippen LogP contribution in [0.25, 0.3) is 0 Å². The van der Waals surface area contributed by atoms with Gasteiger partial charge in [-0.2, -0.15) is 0 Å². The molecule has 0 radical (unpaired) electrons. The molecule has 2 aromatic carbocycles. The Kier molecular flexibility index (Phi) is 6.19. The third-order valence-corrected chi connectivity index (χ3v) is 4.41. The number of aliphatic hydroxyl groups excluding tert-OH is 1. The molecule has 7 nitrogen and oxygen atoms in total. The zero-order valence-electron chi connectivity index (χ0n) is 14.7. The average molecular weight is 356 g/mol. The van der Waals surface area contributed by atoms with Crippen LogP contribution < -0.4 is 22.1 Å². The van der Waals surface area contributed by atoms with Crippen LogP contribution >= 0.6 is 0 Å². The monoisotopic (exact) mass is 356 g/mol. The van der Waals surface area contributed by atoms with Crippen LogP contribution in [-0.4, -0.2) is 23.7 Å². The molecule has 26 heavy (non-hydrogen) atoms. The van der Waals surface area contributed by atoms with E-state index in [0.29, 0.717) is 29.8 Å². The van der Waals surface area contributed by atoms with Crippen LogP contribution in [0.15, 0.2) is 48.5 Å². The number of carbonyl (C=O) groups is 2. The molecular weight excluding hydrogens is 332 g/mol. The van der Waals surface area contributed by atoms with Crippen molar-refractivity contribution in [3.05, 3.63) is 59.7 Å². The van der Waals surface area contributed by atoms with E-state index < -0.39 is 11.6 Å². The van der Waals surface area contributed by atoms with Crippen molar-refractivity contribution in [2.75, 3.05) is 17.7 Å². The van der Waals surface area contributed by atoms with Crippen LogP contribution in [0.4, 0.5) is 16.2 Å². The number of hydrogen-bond acceptors (Lipinski definition) is 4. The number of para-hydroxylation sites is 2. The maximum Gasteiger partial charge on any atom is 0.312 e. The van der Waals surface area contributed by atoms with E-state index in [-0.39, 0.29) is 12.5 Å². The minimum absolute atomic E-state index is 0.107. The lowest BCUT2D eigenvalue weighted by atomic mass is 9.84. The number of carbonyl (C=O) groups excluding carboxylic acids is 2. The maximum absolute atomic E-state index is 12.4. The van der Waals surface area contributed by atoms with E-state index in [0.717, 1.165) is 5.56 Å². The molecule has 138 valence electrons. The number of aliphatic hydroxyl groups is 1. The molecule has 2 rings (SSSR count). The van der Waals surface area contributed by atoms with Crippen molar-refractivity contribution < 1.29 is 14.7 Å². The lowest BCUT2D eigenvalue weighted by molar-refractivity contribution is 0.102. The topological polar surface area (TPSA) is 130 Å². The highest BCUT2D eigenvalue weighted by Gasteiger charge is 2.31. The van der Waals surface area contributed by atoms with Crippen molar-refractivity contribution in [3.8, 4) is 0 Å². The summed E-state index contributed by atoms with van der Waals surface area (Å²) in [6.45, 7) is 1.79. The van der Waals surface area contributed by atoms with Crippen molar-refractivity contribution in [1.82, 2.24) is 5.32 Å². The van der Waals surface area contributed by atoms with Crippen LogP contribution in [0.5, 0.6) is 0 Å². The molecule has 1 atom stereocenters. The van der Waals surface area contributed by atoms with Gasteiger partial charge in [-0.25, -0.2) is 4.79 Å². The van der Waals surface area contributed by atoms with Crippen molar-refractivity contribution in [1.29, 1.82) is 0 Å². The highest BCUT2D eigenvalue weighted by atomic mass is 16.3. The lowest BCUT2D eigenvalue weighted by Crippen LogP contribution is -2.48. The number of anilines is 2. The summed E-state index contributed by atoms with van der Waals surface area (Å²) < 4.78 is 0. The summed E-state index contributed by atoms with van der Waals surface area (Å²) >= 11 is 0. The van der Waals surface area contributed by atoms with Gasteiger partial charge in [0.1, 0.15) is 0 Å². The van der Waals surface area contributed by atoms with E-state index in [1.807, 2.05) is 6.92 Å². The second-order valence-electron chi connectivity index (χ2n) is 6.02. The van der Waals surface area contributed by atoms with Crippen molar-refractivity contribution in [2.45, 2.75) is 25.3 Å². The van der Waals surface area contributed by atoms with Gasteiger partial charge in [0.25, 0.3) is 5.91 Å². The summed E-state index contributed by atoms with van der Waals surface area (Å²) in [4.78, 5) is 23.8. The van der Waals surface area contributed by atoms with E-state index in [1.54, 1.807) is 48.5 Å². The summed E-state index contributed by atoms with van der Waals surface area (Å²) in [6, 6.07) is 13.2. The number of primary amides is 1. The van der Waals surface area contributed by atoms with Crippen LogP contribution in [0.3, 0.4) is 0 Å². The summed E-state index contributed by atoms with van der Waals surface area (Å²) in [6.07, 6.45) is 0.862. The number of nitrogens with one attached hydrogen (secondary N) is 2. The molecule has 2 aromatic rings. The minimum Gasteiger partial charge on any atom is -0.397 e. The lowest BCUT2D eigenvalue weighted by Gasteiger charge is -2.33. The quantitative estimate of drug-likeness (QED) is 0.487. The second kappa shape index (κ2) is 8.35. The van der Waals surface area contributed by atoms with Crippen LogP contribution in [0.2, 0.25) is 0 Å². The Morgan fingerprint density at radius 1 is 1.12 bits per heavy atom. The molecule has 0 aromatic heterocycles. The molecule has 3 amide bonds. The van der Waals surface area contributed by atoms with E-state index in [9.17, 15) is 14.7 Å². The minimum atomic E-state index is -0.778. The standard InChI is InChI=1S/C19H24N4O3/c1-2-19(11-12-24,23-18(21)26)14-9-7-13(8-10-14)17(25)22-16-6-4-3-5-15(16)20/h3-10,24H,2,11-12,20H2,1H3,(H,22,25)(H3,21,23,26). The summed E-state index contributed by atoms with van der Waals surface area (Å²) in [5, 5.41) is 14.9. The fourth-order valence-corrected chi connectivity index (χ4v) is 2.92. The van der Waals surface area contributed by atoms with Crippen molar-refractivity contribution >= 4 is 23.3 Å².